The van der Waals surface area contributed by atoms with E-state index in [2.05, 4.69) is 38.1 Å². The zero-order valence-corrected chi connectivity index (χ0v) is 10.4. The Labute approximate surface area is 98.5 Å². The average Bonchev–Trinajstić information content (AvgIpc) is 2.33. The summed E-state index contributed by atoms with van der Waals surface area (Å²) in [5.74, 6) is 0.773. The lowest BCUT2D eigenvalue weighted by Crippen LogP contribution is -2.30. The van der Waals surface area contributed by atoms with E-state index in [-0.39, 0.29) is 0 Å². The molecule has 0 saturated heterocycles. The van der Waals surface area contributed by atoms with E-state index >= 15 is 0 Å². The van der Waals surface area contributed by atoms with Gasteiger partial charge in [0.05, 0.1) is 5.60 Å². The van der Waals surface area contributed by atoms with Gasteiger partial charge in [-0.25, -0.2) is 0 Å². The SMILES string of the molecule is CCc1ccc(C2(O)CCC(C)CC2)cc1. The summed E-state index contributed by atoms with van der Waals surface area (Å²) in [4.78, 5) is 0. The van der Waals surface area contributed by atoms with Crippen LogP contribution < -0.4 is 0 Å². The van der Waals surface area contributed by atoms with Gasteiger partial charge in [-0.1, -0.05) is 38.1 Å². The molecule has 0 radical (unpaired) electrons. The van der Waals surface area contributed by atoms with Gasteiger partial charge in [0.2, 0.25) is 0 Å². The minimum atomic E-state index is -0.557. The van der Waals surface area contributed by atoms with Crippen molar-refractivity contribution in [3.63, 3.8) is 0 Å². The molecule has 2 rings (SSSR count). The molecule has 1 aliphatic rings. The predicted molar refractivity (Wildman–Crippen MR) is 67.3 cm³/mol. The van der Waals surface area contributed by atoms with Gasteiger partial charge in [-0.05, 0) is 49.1 Å². The van der Waals surface area contributed by atoms with E-state index in [0.29, 0.717) is 0 Å². The lowest BCUT2D eigenvalue weighted by atomic mass is 9.76. The van der Waals surface area contributed by atoms with E-state index in [4.69, 9.17) is 0 Å². The monoisotopic (exact) mass is 218 g/mol. The molecule has 0 atom stereocenters. The Morgan fingerprint density at radius 2 is 1.75 bits per heavy atom. The Morgan fingerprint density at radius 1 is 1.19 bits per heavy atom. The van der Waals surface area contributed by atoms with Crippen LogP contribution in [0.3, 0.4) is 0 Å². The van der Waals surface area contributed by atoms with Crippen molar-refractivity contribution in [2.24, 2.45) is 5.92 Å². The third-order valence-electron chi connectivity index (χ3n) is 4.00. The van der Waals surface area contributed by atoms with Crippen LogP contribution in [-0.2, 0) is 12.0 Å². The van der Waals surface area contributed by atoms with E-state index in [0.717, 1.165) is 43.6 Å². The Hall–Kier alpha value is -0.820. The van der Waals surface area contributed by atoms with Gasteiger partial charge in [-0.3, -0.25) is 0 Å². The van der Waals surface area contributed by atoms with Crippen LogP contribution in [0, 0.1) is 5.92 Å². The number of hydrogen-bond acceptors (Lipinski definition) is 1. The fourth-order valence-corrected chi connectivity index (χ4v) is 2.58. The van der Waals surface area contributed by atoms with Gasteiger partial charge in [0.25, 0.3) is 0 Å². The van der Waals surface area contributed by atoms with Crippen LogP contribution in [0.25, 0.3) is 0 Å². The molecular formula is C15H22O. The standard InChI is InChI=1S/C15H22O/c1-3-13-4-6-14(7-5-13)15(16)10-8-12(2)9-11-15/h4-7,12,16H,3,8-11H2,1-2H3. The zero-order valence-electron chi connectivity index (χ0n) is 10.4. The van der Waals surface area contributed by atoms with Crippen molar-refractivity contribution in [3.05, 3.63) is 35.4 Å². The number of benzene rings is 1. The molecule has 1 aromatic rings. The zero-order chi connectivity index (χ0) is 11.6. The minimum Gasteiger partial charge on any atom is -0.385 e. The molecule has 0 unspecified atom stereocenters. The lowest BCUT2D eigenvalue weighted by molar-refractivity contribution is -0.0120. The quantitative estimate of drug-likeness (QED) is 0.803. The van der Waals surface area contributed by atoms with Gasteiger partial charge in [0.1, 0.15) is 0 Å². The van der Waals surface area contributed by atoms with E-state index in [1.165, 1.54) is 5.56 Å². The largest absolute Gasteiger partial charge is 0.385 e. The fraction of sp³-hybridized carbons (Fsp3) is 0.600. The number of aryl methyl sites for hydroxylation is 1. The highest BCUT2D eigenvalue weighted by atomic mass is 16.3. The normalized spacial score (nSPS) is 30.3. The van der Waals surface area contributed by atoms with Gasteiger partial charge in [0, 0.05) is 0 Å². The summed E-state index contributed by atoms with van der Waals surface area (Å²) in [7, 11) is 0. The number of rotatable bonds is 2. The van der Waals surface area contributed by atoms with Crippen molar-refractivity contribution in [3.8, 4) is 0 Å². The van der Waals surface area contributed by atoms with Crippen LogP contribution in [0.4, 0.5) is 0 Å². The van der Waals surface area contributed by atoms with E-state index in [1.54, 1.807) is 0 Å². The minimum absolute atomic E-state index is 0.557. The first kappa shape index (κ1) is 11.7. The summed E-state index contributed by atoms with van der Waals surface area (Å²) in [6.07, 6.45) is 5.19. The molecule has 1 fully saturated rings. The molecule has 0 aliphatic heterocycles. The lowest BCUT2D eigenvalue weighted by Gasteiger charge is -2.35. The molecule has 1 heteroatoms. The average molecular weight is 218 g/mol. The third kappa shape index (κ3) is 2.30. The van der Waals surface area contributed by atoms with Crippen molar-refractivity contribution >= 4 is 0 Å². The Bertz CT molecular complexity index is 331. The van der Waals surface area contributed by atoms with Crippen LogP contribution in [-0.4, -0.2) is 5.11 Å². The van der Waals surface area contributed by atoms with E-state index < -0.39 is 5.60 Å². The van der Waals surface area contributed by atoms with Crippen LogP contribution in [0.15, 0.2) is 24.3 Å². The highest BCUT2D eigenvalue weighted by molar-refractivity contribution is 5.27. The van der Waals surface area contributed by atoms with Crippen molar-refractivity contribution in [2.45, 2.75) is 51.6 Å². The smallest absolute Gasteiger partial charge is 0.0896 e. The first-order valence-electron chi connectivity index (χ1n) is 6.46. The second-order valence-corrected chi connectivity index (χ2v) is 5.26. The Balaban J connectivity index is 2.16. The molecule has 1 N–H and O–H groups in total. The van der Waals surface area contributed by atoms with Gasteiger partial charge >= 0.3 is 0 Å². The van der Waals surface area contributed by atoms with Crippen LogP contribution in [0.5, 0.6) is 0 Å². The summed E-state index contributed by atoms with van der Waals surface area (Å²) in [5.41, 5.74) is 1.90. The van der Waals surface area contributed by atoms with Crippen molar-refractivity contribution < 1.29 is 5.11 Å². The maximum Gasteiger partial charge on any atom is 0.0896 e. The maximum atomic E-state index is 10.6. The van der Waals surface area contributed by atoms with Crippen molar-refractivity contribution in [1.82, 2.24) is 0 Å². The Morgan fingerprint density at radius 3 is 2.25 bits per heavy atom. The summed E-state index contributed by atoms with van der Waals surface area (Å²) < 4.78 is 0. The molecule has 88 valence electrons. The third-order valence-corrected chi connectivity index (χ3v) is 4.00. The highest BCUT2D eigenvalue weighted by Crippen LogP contribution is 2.39. The number of aliphatic hydroxyl groups is 1. The van der Waals surface area contributed by atoms with Gasteiger partial charge < -0.3 is 5.11 Å². The fourth-order valence-electron chi connectivity index (χ4n) is 2.58. The van der Waals surface area contributed by atoms with Crippen LogP contribution in [0.2, 0.25) is 0 Å². The molecular weight excluding hydrogens is 196 g/mol. The van der Waals surface area contributed by atoms with Gasteiger partial charge in [-0.2, -0.15) is 0 Å². The second-order valence-electron chi connectivity index (χ2n) is 5.26. The second kappa shape index (κ2) is 4.58. The van der Waals surface area contributed by atoms with Crippen LogP contribution in [0.1, 0.15) is 50.7 Å². The molecule has 0 spiro atoms. The molecule has 16 heavy (non-hydrogen) atoms. The predicted octanol–water partition coefficient (Wildman–Crippen LogP) is 3.65. The molecule has 1 aromatic carbocycles. The first-order valence-corrected chi connectivity index (χ1v) is 6.46. The topological polar surface area (TPSA) is 20.2 Å². The van der Waals surface area contributed by atoms with Crippen molar-refractivity contribution in [1.29, 1.82) is 0 Å². The van der Waals surface area contributed by atoms with E-state index in [9.17, 15) is 5.11 Å². The van der Waals surface area contributed by atoms with Crippen molar-refractivity contribution in [2.75, 3.05) is 0 Å². The van der Waals surface area contributed by atoms with E-state index in [1.807, 2.05) is 0 Å². The Kier molecular flexibility index (Phi) is 3.34. The number of hydrogen-bond donors (Lipinski definition) is 1. The molecule has 1 nitrogen and oxygen atoms in total. The van der Waals surface area contributed by atoms with Gasteiger partial charge in [-0.15, -0.1) is 0 Å². The first-order chi connectivity index (χ1) is 7.64. The summed E-state index contributed by atoms with van der Waals surface area (Å²) in [6.45, 7) is 4.44. The molecule has 0 bridgehead atoms. The molecule has 1 aliphatic carbocycles. The summed E-state index contributed by atoms with van der Waals surface area (Å²) in [6, 6.07) is 8.50. The highest BCUT2D eigenvalue weighted by Gasteiger charge is 2.33. The summed E-state index contributed by atoms with van der Waals surface area (Å²) >= 11 is 0. The maximum absolute atomic E-state index is 10.6. The van der Waals surface area contributed by atoms with Gasteiger partial charge in [0.15, 0.2) is 0 Å². The molecule has 0 amide bonds. The molecule has 0 heterocycles. The van der Waals surface area contributed by atoms with Crippen LogP contribution >= 0.6 is 0 Å². The summed E-state index contributed by atoms with van der Waals surface area (Å²) in [5, 5.41) is 10.6. The molecule has 0 aromatic heterocycles. The molecule has 1 saturated carbocycles.